The summed E-state index contributed by atoms with van der Waals surface area (Å²) in [7, 11) is 1.57. The number of nitrogens with zero attached hydrogens (tertiary/aromatic N) is 2. The second kappa shape index (κ2) is 7.98. The third-order valence-corrected chi connectivity index (χ3v) is 3.13. The van der Waals surface area contributed by atoms with Crippen LogP contribution in [0, 0.1) is 0 Å². The van der Waals surface area contributed by atoms with Crippen LogP contribution in [-0.4, -0.2) is 30.0 Å². The molecule has 1 heterocycles. The van der Waals surface area contributed by atoms with Crippen molar-refractivity contribution in [1.82, 2.24) is 4.98 Å². The predicted molar refractivity (Wildman–Crippen MR) is 91.2 cm³/mol. The molecule has 0 aliphatic rings. The molecule has 0 saturated heterocycles. The minimum Gasteiger partial charge on any atom is -0.504 e. The summed E-state index contributed by atoms with van der Waals surface area (Å²) in [5.74, 6) is 1.14. The molecule has 1 aromatic carbocycles. The van der Waals surface area contributed by atoms with E-state index in [1.165, 1.54) is 0 Å². The summed E-state index contributed by atoms with van der Waals surface area (Å²) in [6.45, 7) is 6.05. The van der Waals surface area contributed by atoms with Crippen LogP contribution in [0.3, 0.4) is 0 Å². The zero-order chi connectivity index (χ0) is 16.7. The molecule has 0 bridgehead atoms. The summed E-state index contributed by atoms with van der Waals surface area (Å²) < 4.78 is 10.5. The van der Waals surface area contributed by atoms with Gasteiger partial charge in [-0.15, -0.1) is 6.58 Å². The molecule has 0 atom stereocenters. The molecule has 1 N–H and O–H groups in total. The molecule has 2 rings (SSSR count). The Labute approximate surface area is 135 Å². The largest absolute Gasteiger partial charge is 0.504 e. The van der Waals surface area contributed by atoms with Crippen LogP contribution in [0.5, 0.6) is 17.4 Å². The van der Waals surface area contributed by atoms with Gasteiger partial charge in [0, 0.05) is 17.8 Å². The van der Waals surface area contributed by atoms with Crippen LogP contribution in [0.25, 0.3) is 0 Å². The highest BCUT2D eigenvalue weighted by Gasteiger charge is 2.09. The van der Waals surface area contributed by atoms with Crippen molar-refractivity contribution in [3.63, 3.8) is 0 Å². The Bertz CT molecular complexity index is 694. The van der Waals surface area contributed by atoms with Crippen molar-refractivity contribution in [3.8, 4) is 17.4 Å². The Balaban J connectivity index is 2.29. The molecule has 0 saturated carbocycles. The first-order valence-electron chi connectivity index (χ1n) is 7.31. The van der Waals surface area contributed by atoms with E-state index in [9.17, 15) is 5.11 Å². The number of phenols is 1. The first-order valence-corrected chi connectivity index (χ1v) is 7.31. The second-order valence-electron chi connectivity index (χ2n) is 4.77. The van der Waals surface area contributed by atoms with Crippen LogP contribution in [0.15, 0.2) is 48.1 Å². The lowest BCUT2D eigenvalue weighted by Gasteiger charge is -2.10. The van der Waals surface area contributed by atoms with E-state index in [0.717, 1.165) is 11.1 Å². The fourth-order valence-electron chi connectivity index (χ4n) is 2.06. The second-order valence-corrected chi connectivity index (χ2v) is 4.77. The molecule has 23 heavy (non-hydrogen) atoms. The van der Waals surface area contributed by atoms with Crippen molar-refractivity contribution < 1.29 is 14.6 Å². The number of pyridine rings is 1. The Kier molecular flexibility index (Phi) is 5.74. The average Bonchev–Trinajstić information content (AvgIpc) is 2.57. The normalized spacial score (nSPS) is 10.7. The van der Waals surface area contributed by atoms with E-state index in [4.69, 9.17) is 9.47 Å². The van der Waals surface area contributed by atoms with Gasteiger partial charge < -0.3 is 14.6 Å². The van der Waals surface area contributed by atoms with Crippen LogP contribution in [0.4, 0.5) is 5.69 Å². The molecule has 0 radical (unpaired) electrons. The number of aliphatic imine (C=N–C) groups is 1. The molecular formula is C18H20N2O3. The lowest BCUT2D eigenvalue weighted by molar-refractivity contribution is 0.317. The van der Waals surface area contributed by atoms with Gasteiger partial charge in [-0.05, 0) is 37.1 Å². The lowest BCUT2D eigenvalue weighted by atomic mass is 10.1. The maximum atomic E-state index is 10.2. The van der Waals surface area contributed by atoms with Gasteiger partial charge in [-0.3, -0.25) is 4.99 Å². The molecular weight excluding hydrogens is 292 g/mol. The maximum absolute atomic E-state index is 10.2. The fourth-order valence-corrected chi connectivity index (χ4v) is 2.06. The van der Waals surface area contributed by atoms with Crippen LogP contribution < -0.4 is 9.47 Å². The van der Waals surface area contributed by atoms with Gasteiger partial charge in [0.05, 0.1) is 25.6 Å². The molecule has 0 aliphatic heterocycles. The first-order chi connectivity index (χ1) is 11.2. The summed E-state index contributed by atoms with van der Waals surface area (Å²) in [5.41, 5.74) is 2.29. The quantitative estimate of drug-likeness (QED) is 0.626. The van der Waals surface area contributed by atoms with Gasteiger partial charge in [0.2, 0.25) is 5.88 Å². The number of phenolic OH excluding ortho intramolecular Hbond substituents is 1. The minimum absolute atomic E-state index is 0.148. The predicted octanol–water partition coefficient (Wildman–Crippen LogP) is 3.67. The lowest BCUT2D eigenvalue weighted by Crippen LogP contribution is -1.96. The number of hydrogen-bond donors (Lipinski definition) is 1. The van der Waals surface area contributed by atoms with E-state index in [-0.39, 0.29) is 5.75 Å². The van der Waals surface area contributed by atoms with Gasteiger partial charge >= 0.3 is 0 Å². The number of hydrogen-bond acceptors (Lipinski definition) is 5. The third kappa shape index (κ3) is 4.32. The summed E-state index contributed by atoms with van der Waals surface area (Å²) in [4.78, 5) is 8.48. The smallest absolute Gasteiger partial charge is 0.213 e. The first kappa shape index (κ1) is 16.5. The number of aromatic nitrogens is 1. The highest BCUT2D eigenvalue weighted by Crippen LogP contribution is 2.32. The van der Waals surface area contributed by atoms with Gasteiger partial charge in [-0.2, -0.15) is 0 Å². The van der Waals surface area contributed by atoms with E-state index in [2.05, 4.69) is 16.6 Å². The van der Waals surface area contributed by atoms with Crippen LogP contribution in [-0.2, 0) is 6.42 Å². The molecule has 0 aliphatic carbocycles. The molecule has 0 spiro atoms. The number of allylic oxidation sites excluding steroid dienone is 1. The SMILES string of the molecule is C=CCc1cc(C=Nc2ccc(OC)nc2)cc(OCC)c1O. The zero-order valence-electron chi connectivity index (χ0n) is 13.3. The molecule has 0 fully saturated rings. The number of aromatic hydroxyl groups is 1. The molecule has 0 unspecified atom stereocenters. The monoisotopic (exact) mass is 312 g/mol. The fraction of sp³-hybridized carbons (Fsp3) is 0.222. The van der Waals surface area contributed by atoms with Gasteiger partial charge in [-0.1, -0.05) is 6.08 Å². The minimum atomic E-state index is 0.148. The van der Waals surface area contributed by atoms with Crippen molar-refractivity contribution >= 4 is 11.9 Å². The molecule has 5 nitrogen and oxygen atoms in total. The number of rotatable bonds is 7. The molecule has 2 aromatic rings. The van der Waals surface area contributed by atoms with Crippen molar-refractivity contribution in [2.75, 3.05) is 13.7 Å². The topological polar surface area (TPSA) is 63.9 Å². The van der Waals surface area contributed by atoms with Gasteiger partial charge in [-0.25, -0.2) is 4.98 Å². The van der Waals surface area contributed by atoms with E-state index < -0.39 is 0 Å². The average molecular weight is 312 g/mol. The highest BCUT2D eigenvalue weighted by atomic mass is 16.5. The Hall–Kier alpha value is -2.82. The zero-order valence-corrected chi connectivity index (χ0v) is 13.3. The summed E-state index contributed by atoms with van der Waals surface area (Å²) >= 11 is 0. The van der Waals surface area contributed by atoms with Crippen LogP contribution in [0.2, 0.25) is 0 Å². The standard InChI is InChI=1S/C18H20N2O3/c1-4-6-14-9-13(10-16(18(14)21)23-5-2)11-19-15-7-8-17(22-3)20-12-15/h4,7-12,21H,1,5-6H2,2-3H3. The Morgan fingerprint density at radius 3 is 2.78 bits per heavy atom. The molecule has 120 valence electrons. The van der Waals surface area contributed by atoms with Gasteiger partial charge in [0.25, 0.3) is 0 Å². The van der Waals surface area contributed by atoms with Crippen molar-refractivity contribution in [1.29, 1.82) is 0 Å². The maximum Gasteiger partial charge on any atom is 0.213 e. The molecule has 1 aromatic heterocycles. The van der Waals surface area contributed by atoms with E-state index in [1.807, 2.05) is 19.1 Å². The van der Waals surface area contributed by atoms with E-state index >= 15 is 0 Å². The summed E-state index contributed by atoms with van der Waals surface area (Å²) in [6.07, 6.45) is 5.62. The Morgan fingerprint density at radius 2 is 2.17 bits per heavy atom. The summed E-state index contributed by atoms with van der Waals surface area (Å²) in [5, 5.41) is 10.2. The van der Waals surface area contributed by atoms with E-state index in [1.54, 1.807) is 37.7 Å². The number of ether oxygens (including phenoxy) is 2. The van der Waals surface area contributed by atoms with Crippen LogP contribution >= 0.6 is 0 Å². The van der Waals surface area contributed by atoms with Crippen molar-refractivity contribution in [3.05, 3.63) is 54.2 Å². The summed E-state index contributed by atoms with van der Waals surface area (Å²) in [6, 6.07) is 7.18. The number of methoxy groups -OCH3 is 1. The third-order valence-electron chi connectivity index (χ3n) is 3.13. The molecule has 5 heteroatoms. The highest BCUT2D eigenvalue weighted by molar-refractivity contribution is 5.83. The van der Waals surface area contributed by atoms with Gasteiger partial charge in [0.1, 0.15) is 0 Å². The van der Waals surface area contributed by atoms with Crippen molar-refractivity contribution in [2.45, 2.75) is 13.3 Å². The van der Waals surface area contributed by atoms with Crippen molar-refractivity contribution in [2.24, 2.45) is 4.99 Å². The molecule has 0 amide bonds. The Morgan fingerprint density at radius 1 is 1.35 bits per heavy atom. The number of benzene rings is 1. The van der Waals surface area contributed by atoms with Gasteiger partial charge in [0.15, 0.2) is 11.5 Å². The van der Waals surface area contributed by atoms with Crippen LogP contribution in [0.1, 0.15) is 18.1 Å². The van der Waals surface area contributed by atoms with E-state index in [0.29, 0.717) is 30.3 Å².